The van der Waals surface area contributed by atoms with E-state index in [-0.39, 0.29) is 5.92 Å². The first-order valence-electron chi connectivity index (χ1n) is 5.53. The predicted octanol–water partition coefficient (Wildman–Crippen LogP) is -0.395. The molecule has 1 aliphatic heterocycles. The fourth-order valence-electron chi connectivity index (χ4n) is 2.18. The molecule has 3 heterocycles. The van der Waals surface area contributed by atoms with E-state index in [1.165, 1.54) is 10.7 Å². The van der Waals surface area contributed by atoms with Gasteiger partial charge in [0.25, 0.3) is 5.56 Å². The average Bonchev–Trinajstić information content (AvgIpc) is 2.74. The normalized spacial score (nSPS) is 17.6. The molecule has 1 saturated heterocycles. The summed E-state index contributed by atoms with van der Waals surface area (Å²) in [5, 5.41) is 2.58. The van der Waals surface area contributed by atoms with Crippen molar-refractivity contribution in [2.24, 2.45) is 0 Å². The van der Waals surface area contributed by atoms with Gasteiger partial charge in [0.1, 0.15) is 11.3 Å². The van der Waals surface area contributed by atoms with E-state index in [4.69, 9.17) is 4.74 Å². The summed E-state index contributed by atoms with van der Waals surface area (Å²) < 4.78 is 6.76. The van der Waals surface area contributed by atoms with Crippen LogP contribution in [0.5, 0.6) is 0 Å². The second-order valence-corrected chi connectivity index (χ2v) is 4.12. The van der Waals surface area contributed by atoms with E-state index in [1.54, 1.807) is 0 Å². The van der Waals surface area contributed by atoms with E-state index in [0.717, 1.165) is 18.7 Å². The Morgan fingerprint density at radius 3 is 2.88 bits per heavy atom. The number of hydrogen-bond acceptors (Lipinski definition) is 4. The lowest BCUT2D eigenvalue weighted by Gasteiger charge is -2.20. The zero-order valence-electron chi connectivity index (χ0n) is 9.10. The maximum Gasteiger partial charge on any atom is 0.340 e. The summed E-state index contributed by atoms with van der Waals surface area (Å²) in [7, 11) is 0. The van der Waals surface area contributed by atoms with Gasteiger partial charge in [0.2, 0.25) is 0 Å². The molecule has 90 valence electrons. The molecule has 0 atom stereocenters. The van der Waals surface area contributed by atoms with Gasteiger partial charge in [-0.15, -0.1) is 0 Å². The molecule has 17 heavy (non-hydrogen) atoms. The van der Waals surface area contributed by atoms with E-state index >= 15 is 0 Å². The minimum atomic E-state index is -0.520. The summed E-state index contributed by atoms with van der Waals surface area (Å²) in [6, 6.07) is 0. The standard InChI is InChI=1S/C10H12N4O3/c15-9-7-5-11-8(6-1-3-17-4-2-6)14(7)13-10(16)12-9/h5-6H,1-4H2,(H2,12,13,15,16). The van der Waals surface area contributed by atoms with Crippen LogP contribution >= 0.6 is 0 Å². The molecule has 0 bridgehead atoms. The lowest BCUT2D eigenvalue weighted by Crippen LogP contribution is -2.27. The molecule has 0 radical (unpaired) electrons. The molecule has 1 aliphatic rings. The number of nitrogens with one attached hydrogen (secondary N) is 2. The van der Waals surface area contributed by atoms with Crippen LogP contribution in [-0.2, 0) is 4.74 Å². The number of hydrogen-bond donors (Lipinski definition) is 2. The van der Waals surface area contributed by atoms with Crippen LogP contribution in [0.25, 0.3) is 5.52 Å². The van der Waals surface area contributed by atoms with Gasteiger partial charge in [0.15, 0.2) is 0 Å². The Morgan fingerprint density at radius 2 is 2.12 bits per heavy atom. The number of H-pyrrole nitrogens is 2. The molecular weight excluding hydrogens is 224 g/mol. The molecule has 0 saturated carbocycles. The van der Waals surface area contributed by atoms with E-state index in [0.29, 0.717) is 18.7 Å². The van der Waals surface area contributed by atoms with Crippen molar-refractivity contribution in [1.82, 2.24) is 19.6 Å². The number of rotatable bonds is 1. The van der Waals surface area contributed by atoms with Crippen LogP contribution in [-0.4, -0.2) is 32.8 Å². The first-order chi connectivity index (χ1) is 8.25. The van der Waals surface area contributed by atoms with Crippen LogP contribution in [0.2, 0.25) is 0 Å². The fraction of sp³-hybridized carbons (Fsp3) is 0.500. The quantitative estimate of drug-likeness (QED) is 0.705. The van der Waals surface area contributed by atoms with Crippen LogP contribution in [0.4, 0.5) is 0 Å². The molecule has 0 aromatic carbocycles. The third-order valence-electron chi connectivity index (χ3n) is 3.05. The van der Waals surface area contributed by atoms with Gasteiger partial charge in [-0.3, -0.25) is 9.78 Å². The lowest BCUT2D eigenvalue weighted by atomic mass is 10.00. The first kappa shape index (κ1) is 10.3. The van der Waals surface area contributed by atoms with Gasteiger partial charge in [-0.1, -0.05) is 0 Å². The van der Waals surface area contributed by atoms with Crippen molar-refractivity contribution in [2.45, 2.75) is 18.8 Å². The van der Waals surface area contributed by atoms with E-state index in [1.807, 2.05) is 0 Å². The Balaban J connectivity index is 2.17. The number of aromatic amines is 2. The van der Waals surface area contributed by atoms with Gasteiger partial charge in [-0.05, 0) is 12.8 Å². The smallest absolute Gasteiger partial charge is 0.340 e. The van der Waals surface area contributed by atoms with Crippen molar-refractivity contribution in [3.05, 3.63) is 32.9 Å². The van der Waals surface area contributed by atoms with Crippen LogP contribution in [0, 0.1) is 0 Å². The summed E-state index contributed by atoms with van der Waals surface area (Å²) >= 11 is 0. The average molecular weight is 236 g/mol. The lowest BCUT2D eigenvalue weighted by molar-refractivity contribution is 0.0832. The Kier molecular flexibility index (Phi) is 2.32. The number of fused-ring (bicyclic) bond motifs is 1. The first-order valence-corrected chi connectivity index (χ1v) is 5.53. The maximum atomic E-state index is 11.5. The van der Waals surface area contributed by atoms with E-state index < -0.39 is 11.2 Å². The number of nitrogens with zero attached hydrogens (tertiary/aromatic N) is 2. The highest BCUT2D eigenvalue weighted by molar-refractivity contribution is 5.41. The molecule has 1 fully saturated rings. The Morgan fingerprint density at radius 1 is 1.35 bits per heavy atom. The third-order valence-corrected chi connectivity index (χ3v) is 3.05. The minimum absolute atomic E-state index is 0.226. The second-order valence-electron chi connectivity index (χ2n) is 4.12. The molecule has 0 unspecified atom stereocenters. The van der Waals surface area contributed by atoms with Gasteiger partial charge in [-0.2, -0.15) is 0 Å². The zero-order valence-corrected chi connectivity index (χ0v) is 9.10. The maximum absolute atomic E-state index is 11.5. The number of imidazole rings is 1. The summed E-state index contributed by atoms with van der Waals surface area (Å²) in [5.41, 5.74) is -0.570. The van der Waals surface area contributed by atoms with Gasteiger partial charge in [0.05, 0.1) is 6.20 Å². The fourth-order valence-corrected chi connectivity index (χ4v) is 2.18. The minimum Gasteiger partial charge on any atom is -0.381 e. The molecule has 7 heteroatoms. The predicted molar refractivity (Wildman–Crippen MR) is 59.2 cm³/mol. The summed E-state index contributed by atoms with van der Waals surface area (Å²) in [4.78, 5) is 29.2. The van der Waals surface area contributed by atoms with Crippen molar-refractivity contribution >= 4 is 5.52 Å². The summed E-state index contributed by atoms with van der Waals surface area (Å²) in [6.45, 7) is 1.38. The van der Waals surface area contributed by atoms with Gasteiger partial charge < -0.3 is 4.74 Å². The molecule has 0 amide bonds. The third kappa shape index (κ3) is 1.68. The van der Waals surface area contributed by atoms with Crippen LogP contribution < -0.4 is 11.2 Å². The molecule has 2 N–H and O–H groups in total. The van der Waals surface area contributed by atoms with Crippen molar-refractivity contribution in [3.8, 4) is 0 Å². The number of ether oxygens (including phenoxy) is 1. The summed E-state index contributed by atoms with van der Waals surface area (Å²) in [6.07, 6.45) is 3.20. The van der Waals surface area contributed by atoms with Crippen LogP contribution in [0.1, 0.15) is 24.6 Å². The zero-order chi connectivity index (χ0) is 11.8. The monoisotopic (exact) mass is 236 g/mol. The molecule has 2 aromatic heterocycles. The Hall–Kier alpha value is -1.89. The van der Waals surface area contributed by atoms with Crippen LogP contribution in [0.3, 0.4) is 0 Å². The molecule has 0 spiro atoms. The second kappa shape index (κ2) is 3.85. The Bertz CT molecular complexity index is 647. The molecule has 2 aromatic rings. The van der Waals surface area contributed by atoms with E-state index in [2.05, 4.69) is 15.1 Å². The van der Waals surface area contributed by atoms with E-state index in [9.17, 15) is 9.59 Å². The topological polar surface area (TPSA) is 92.2 Å². The largest absolute Gasteiger partial charge is 0.381 e. The Labute approximate surface area is 95.4 Å². The SMILES string of the molecule is O=c1[nH]c(=O)c2cnc(C3CCOCC3)n2[nH]1. The molecular formula is C10H12N4O3. The van der Waals surface area contributed by atoms with Crippen LogP contribution in [0.15, 0.2) is 15.8 Å². The van der Waals surface area contributed by atoms with Crippen molar-refractivity contribution < 1.29 is 4.74 Å². The number of aromatic nitrogens is 4. The molecule has 3 rings (SSSR count). The van der Waals surface area contributed by atoms with Gasteiger partial charge in [0, 0.05) is 19.1 Å². The van der Waals surface area contributed by atoms with Gasteiger partial charge >= 0.3 is 5.69 Å². The molecule has 7 nitrogen and oxygen atoms in total. The van der Waals surface area contributed by atoms with Gasteiger partial charge in [-0.25, -0.2) is 19.4 Å². The van der Waals surface area contributed by atoms with Crippen molar-refractivity contribution in [2.75, 3.05) is 13.2 Å². The van der Waals surface area contributed by atoms with Crippen molar-refractivity contribution in [1.29, 1.82) is 0 Å². The highest BCUT2D eigenvalue weighted by atomic mass is 16.5. The van der Waals surface area contributed by atoms with Crippen molar-refractivity contribution in [3.63, 3.8) is 0 Å². The summed E-state index contributed by atoms with van der Waals surface area (Å²) in [5.74, 6) is 0.954. The highest BCUT2D eigenvalue weighted by Gasteiger charge is 2.21. The molecule has 0 aliphatic carbocycles. The highest BCUT2D eigenvalue weighted by Crippen LogP contribution is 2.24.